The molecule has 2 heterocycles. The van der Waals surface area contributed by atoms with Gasteiger partial charge in [-0.25, -0.2) is 0 Å². The fraction of sp³-hybridized carbons (Fsp3) is 0.185. The number of benzene rings is 16. The normalized spacial score (nSPS) is 23.3. The van der Waals surface area contributed by atoms with Crippen molar-refractivity contribution in [3.8, 4) is 89.0 Å². The van der Waals surface area contributed by atoms with Gasteiger partial charge in [0.15, 0.2) is 0 Å². The summed E-state index contributed by atoms with van der Waals surface area (Å²) in [5.41, 5.74) is 28.5. The highest BCUT2D eigenvalue weighted by molar-refractivity contribution is 7.26. The molecule has 8 saturated carbocycles. The third-order valence-corrected chi connectivity index (χ3v) is 31.6. The molecule has 0 amide bonds. The lowest BCUT2D eigenvalue weighted by Crippen LogP contribution is -2.55. The molecule has 0 atom stereocenters. The van der Waals surface area contributed by atoms with Crippen molar-refractivity contribution in [1.29, 1.82) is 0 Å². The summed E-state index contributed by atoms with van der Waals surface area (Å²) < 4.78 is 5.40. The van der Waals surface area contributed by atoms with Crippen LogP contribution < -0.4 is 0 Å². The first-order valence-corrected chi connectivity index (χ1v) is 42.5. The van der Waals surface area contributed by atoms with Crippen molar-refractivity contribution in [1.82, 2.24) is 0 Å². The van der Waals surface area contributed by atoms with Gasteiger partial charge in [-0.15, -0.1) is 22.7 Å². The summed E-state index contributed by atoms with van der Waals surface area (Å²) in [4.78, 5) is 0. The number of fused-ring (bicyclic) bond motifs is 16. The van der Waals surface area contributed by atoms with E-state index in [9.17, 15) is 0 Å². The minimum Gasteiger partial charge on any atom is -0.135 e. The molecule has 0 N–H and O–H groups in total. The van der Waals surface area contributed by atoms with Crippen LogP contribution in [0, 0.1) is 47.3 Å². The average molecular weight is 1440 g/mol. The van der Waals surface area contributed by atoms with Crippen molar-refractivity contribution in [3.63, 3.8) is 0 Å². The predicted octanol–water partition coefficient (Wildman–Crippen LogP) is 30.2. The standard InChI is InChI=1S/2C54H40S/c1-3-13-46-44(11-1)52(35-19-17-34(18-20-35)36-21-24-43-42-10-6-8-16-50(42)55-51(43)31-36)45-12-2-4-14-47(45)53(46)37-22-23-41-40-9-5-7-15-48(40)54(49(41)30-37)38-26-32-25-33(28-38)29-39(54)27-32;1-3-13-45-43(11-1)52(35-19-17-34(18-20-35)36-22-24-51-47(30-36)42-10-6-8-16-50(42)55-51)44-12-2-4-14-46(44)53(45)37-21-23-41-40-9-5-7-15-48(40)54(49(41)31-37)38-26-32-25-33(28-38)29-39(54)27-32/h2*1-24,30-33,38-39H,25-29H2. The summed E-state index contributed by atoms with van der Waals surface area (Å²) in [6, 6.07) is 121. The lowest BCUT2D eigenvalue weighted by atomic mass is 9.43. The first-order valence-electron chi connectivity index (χ1n) is 40.8. The van der Waals surface area contributed by atoms with Crippen LogP contribution in [0.2, 0.25) is 0 Å². The van der Waals surface area contributed by atoms with E-state index in [1.807, 2.05) is 22.7 Å². The van der Waals surface area contributed by atoms with Gasteiger partial charge < -0.3 is 0 Å². The second kappa shape index (κ2) is 23.8. The molecule has 8 fully saturated rings. The van der Waals surface area contributed by atoms with Gasteiger partial charge in [-0.05, 0) is 308 Å². The molecular formula is C108H80S2. The molecule has 10 aliphatic rings. The van der Waals surface area contributed by atoms with E-state index in [-0.39, 0.29) is 10.8 Å². The Bertz CT molecular complexity index is 6760. The van der Waals surface area contributed by atoms with E-state index in [4.69, 9.17) is 0 Å². The Morgan fingerprint density at radius 2 is 0.464 bits per heavy atom. The van der Waals surface area contributed by atoms with E-state index in [0.29, 0.717) is 0 Å². The van der Waals surface area contributed by atoms with Gasteiger partial charge in [0.25, 0.3) is 0 Å². The molecular weight excluding hydrogens is 1360 g/mol. The lowest BCUT2D eigenvalue weighted by molar-refractivity contribution is -0.0399. The first kappa shape index (κ1) is 62.8. The maximum atomic E-state index is 2.67. The predicted molar refractivity (Wildman–Crippen MR) is 468 cm³/mol. The minimum absolute atomic E-state index is 0.156. The molecule has 16 aromatic carbocycles. The second-order valence-corrected chi connectivity index (χ2v) is 36.6. The Labute approximate surface area is 650 Å². The SMILES string of the molecule is c1ccc2c(c1)-c1ccc(-c3c4ccccc4c(-c4ccc(-c5ccc6c(c5)sc5ccccc56)cc4)c4ccccc34)cc1C21C2CC3CC(C2)CC1C3.c1ccc2c(c1)-c1ccc(-c3c4ccccc4c(-c4ccc(-c5ccc6sc7ccccc7c6c5)cc4)c4ccccc34)cc1C21C2CC3CC(C2)CC1C3. The highest BCUT2D eigenvalue weighted by Gasteiger charge is 2.63. The Morgan fingerprint density at radius 1 is 0.182 bits per heavy atom. The van der Waals surface area contributed by atoms with Crippen molar-refractivity contribution < 1.29 is 0 Å². The van der Waals surface area contributed by atoms with Crippen LogP contribution in [0.4, 0.5) is 0 Å². The van der Waals surface area contributed by atoms with Crippen molar-refractivity contribution in [2.24, 2.45) is 47.3 Å². The molecule has 18 aromatic rings. The smallest absolute Gasteiger partial charge is 0.0361 e. The molecule has 10 aliphatic carbocycles. The summed E-state index contributed by atoms with van der Waals surface area (Å²) in [5, 5.41) is 16.0. The molecule has 0 radical (unpaired) electrons. The van der Waals surface area contributed by atoms with Gasteiger partial charge in [0.1, 0.15) is 0 Å². The zero-order valence-electron chi connectivity index (χ0n) is 61.5. The van der Waals surface area contributed by atoms with Crippen molar-refractivity contribution in [3.05, 3.63) is 338 Å². The maximum Gasteiger partial charge on any atom is 0.0361 e. The fourth-order valence-corrected chi connectivity index (χ4v) is 27.8. The van der Waals surface area contributed by atoms with E-state index in [0.717, 1.165) is 47.3 Å². The number of thiophene rings is 2. The van der Waals surface area contributed by atoms with Gasteiger partial charge in [-0.2, -0.15) is 0 Å². The number of hydrogen-bond donors (Lipinski definition) is 0. The van der Waals surface area contributed by atoms with Crippen molar-refractivity contribution in [2.45, 2.75) is 75.0 Å². The summed E-state index contributed by atoms with van der Waals surface area (Å²) in [5.74, 6) is 6.77. The molecule has 0 aliphatic heterocycles. The van der Waals surface area contributed by atoms with Crippen LogP contribution in [0.25, 0.3) is 172 Å². The molecule has 0 saturated heterocycles. The van der Waals surface area contributed by atoms with Gasteiger partial charge in [-0.3, -0.25) is 0 Å². The third-order valence-electron chi connectivity index (χ3n) is 29.3. The van der Waals surface area contributed by atoms with E-state index >= 15 is 0 Å². The van der Waals surface area contributed by atoms with Crippen molar-refractivity contribution in [2.75, 3.05) is 0 Å². The van der Waals surface area contributed by atoms with Crippen LogP contribution in [-0.2, 0) is 10.8 Å². The van der Waals surface area contributed by atoms with Crippen LogP contribution in [0.5, 0.6) is 0 Å². The lowest BCUT2D eigenvalue weighted by Gasteiger charge is -2.61. The van der Waals surface area contributed by atoms with Crippen molar-refractivity contribution >= 4 is 106 Å². The van der Waals surface area contributed by atoms with Gasteiger partial charge in [0.2, 0.25) is 0 Å². The Kier molecular flexibility index (Phi) is 13.6. The van der Waals surface area contributed by atoms with Gasteiger partial charge in [0, 0.05) is 51.2 Å². The van der Waals surface area contributed by atoms with Crippen LogP contribution in [0.3, 0.4) is 0 Å². The first-order chi connectivity index (χ1) is 54.4. The van der Waals surface area contributed by atoms with Gasteiger partial charge in [0.05, 0.1) is 0 Å². The largest absolute Gasteiger partial charge is 0.135 e. The van der Waals surface area contributed by atoms with Crippen LogP contribution in [-0.4, -0.2) is 0 Å². The Balaban J connectivity index is 0.000000126. The average Bonchev–Trinajstić information content (AvgIpc) is 1.49. The maximum absolute atomic E-state index is 2.67. The zero-order chi connectivity index (χ0) is 71.7. The molecule has 110 heavy (non-hydrogen) atoms. The van der Waals surface area contributed by atoms with Crippen LogP contribution in [0.15, 0.2) is 315 Å². The topological polar surface area (TPSA) is 0 Å². The highest BCUT2D eigenvalue weighted by atomic mass is 32.1. The summed E-state index contributed by atoms with van der Waals surface area (Å²) in [6.45, 7) is 0. The van der Waals surface area contributed by atoms with E-state index in [2.05, 4.69) is 315 Å². The van der Waals surface area contributed by atoms with Gasteiger partial charge in [-0.1, -0.05) is 273 Å². The number of hydrogen-bond acceptors (Lipinski definition) is 2. The van der Waals surface area contributed by atoms with Gasteiger partial charge >= 0.3 is 0 Å². The number of rotatable bonds is 6. The molecule has 0 unspecified atom stereocenters. The zero-order valence-corrected chi connectivity index (χ0v) is 63.2. The molecule has 8 bridgehead atoms. The highest BCUT2D eigenvalue weighted by Crippen LogP contribution is 2.72. The fourth-order valence-electron chi connectivity index (χ4n) is 25.6. The molecule has 2 heteroatoms. The summed E-state index contributed by atoms with van der Waals surface area (Å²) >= 11 is 3.77. The summed E-state index contributed by atoms with van der Waals surface area (Å²) in [6.07, 6.45) is 14.2. The van der Waals surface area contributed by atoms with Crippen LogP contribution in [0.1, 0.15) is 86.5 Å². The quantitative estimate of drug-likeness (QED) is 0.146. The second-order valence-electron chi connectivity index (χ2n) is 34.4. The van der Waals surface area contributed by atoms with Crippen LogP contribution >= 0.6 is 22.7 Å². The Hall–Kier alpha value is -11.0. The monoisotopic (exact) mass is 1440 g/mol. The third kappa shape index (κ3) is 8.90. The molecule has 2 aromatic heterocycles. The van der Waals surface area contributed by atoms with E-state index in [1.54, 1.807) is 22.3 Å². The Morgan fingerprint density at radius 3 is 0.882 bits per heavy atom. The summed E-state index contributed by atoms with van der Waals surface area (Å²) in [7, 11) is 0. The minimum atomic E-state index is 0.156. The molecule has 524 valence electrons. The molecule has 0 nitrogen and oxygen atoms in total. The van der Waals surface area contributed by atoms with E-state index in [1.165, 1.54) is 237 Å². The molecule has 2 spiro atoms. The van der Waals surface area contributed by atoms with E-state index < -0.39 is 0 Å². The molecule has 28 rings (SSSR count).